The second-order valence-electron chi connectivity index (χ2n) is 6.77. The number of nitrogens with one attached hydrogen (secondary N) is 1. The molecule has 0 aromatic heterocycles. The SMILES string of the molecule is COc1ccc([C@@H]2Nc3ccccc3S(=O)(=O)N2Cc2ccccc2)cc1[N+](=O)[O-]. The second-order valence-corrected chi connectivity index (χ2v) is 8.63. The van der Waals surface area contributed by atoms with Crippen LogP contribution in [0.15, 0.2) is 77.7 Å². The van der Waals surface area contributed by atoms with Crippen LogP contribution in [-0.4, -0.2) is 24.8 Å². The third kappa shape index (κ3) is 3.49. The molecule has 0 radical (unpaired) electrons. The van der Waals surface area contributed by atoms with Gasteiger partial charge in [-0.25, -0.2) is 8.42 Å². The van der Waals surface area contributed by atoms with Crippen LogP contribution < -0.4 is 10.1 Å². The first kappa shape index (κ1) is 19.9. The van der Waals surface area contributed by atoms with E-state index in [4.69, 9.17) is 4.74 Å². The molecule has 1 aliphatic rings. The number of fused-ring (bicyclic) bond motifs is 1. The summed E-state index contributed by atoms with van der Waals surface area (Å²) in [5, 5.41) is 14.7. The van der Waals surface area contributed by atoms with E-state index in [9.17, 15) is 18.5 Å². The van der Waals surface area contributed by atoms with Gasteiger partial charge in [0.1, 0.15) is 11.1 Å². The van der Waals surface area contributed by atoms with E-state index in [0.717, 1.165) is 5.56 Å². The van der Waals surface area contributed by atoms with E-state index in [1.54, 1.807) is 30.3 Å². The van der Waals surface area contributed by atoms with Gasteiger partial charge in [0.25, 0.3) is 0 Å². The van der Waals surface area contributed by atoms with Crippen molar-refractivity contribution in [3.63, 3.8) is 0 Å². The monoisotopic (exact) mass is 425 g/mol. The molecule has 0 spiro atoms. The average molecular weight is 425 g/mol. The molecule has 0 saturated carbocycles. The lowest BCUT2D eigenvalue weighted by Crippen LogP contribution is -2.42. The van der Waals surface area contributed by atoms with Crippen LogP contribution in [0.5, 0.6) is 5.75 Å². The van der Waals surface area contributed by atoms with E-state index in [2.05, 4.69) is 5.32 Å². The summed E-state index contributed by atoms with van der Waals surface area (Å²) in [6.07, 6.45) is -0.824. The van der Waals surface area contributed by atoms with E-state index in [0.29, 0.717) is 11.3 Å². The summed E-state index contributed by atoms with van der Waals surface area (Å²) in [5.41, 5.74) is 1.46. The number of hydrogen-bond donors (Lipinski definition) is 1. The summed E-state index contributed by atoms with van der Waals surface area (Å²) in [5.74, 6) is 0.109. The first-order valence-electron chi connectivity index (χ1n) is 9.15. The highest BCUT2D eigenvalue weighted by molar-refractivity contribution is 7.89. The zero-order chi connectivity index (χ0) is 21.3. The molecule has 0 amide bonds. The quantitative estimate of drug-likeness (QED) is 0.491. The van der Waals surface area contributed by atoms with Crippen molar-refractivity contribution in [2.24, 2.45) is 0 Å². The summed E-state index contributed by atoms with van der Waals surface area (Å²) in [4.78, 5) is 11.1. The number of ether oxygens (including phenoxy) is 1. The minimum atomic E-state index is -3.86. The Morgan fingerprint density at radius 1 is 1.07 bits per heavy atom. The third-order valence-corrected chi connectivity index (χ3v) is 6.82. The first-order valence-corrected chi connectivity index (χ1v) is 10.6. The van der Waals surface area contributed by atoms with E-state index in [1.807, 2.05) is 30.3 Å². The Kier molecular flexibility index (Phi) is 5.15. The average Bonchev–Trinajstić information content (AvgIpc) is 2.76. The van der Waals surface area contributed by atoms with E-state index >= 15 is 0 Å². The Morgan fingerprint density at radius 3 is 2.47 bits per heavy atom. The lowest BCUT2D eigenvalue weighted by molar-refractivity contribution is -0.385. The van der Waals surface area contributed by atoms with Gasteiger partial charge in [0, 0.05) is 12.6 Å². The Labute approximate surface area is 173 Å². The van der Waals surface area contributed by atoms with Crippen LogP contribution in [0, 0.1) is 10.1 Å². The van der Waals surface area contributed by atoms with Crippen molar-refractivity contribution in [2.45, 2.75) is 17.6 Å². The maximum atomic E-state index is 13.5. The summed E-state index contributed by atoms with van der Waals surface area (Å²) < 4.78 is 33.3. The molecule has 1 N–H and O–H groups in total. The van der Waals surface area contributed by atoms with Crippen LogP contribution in [0.25, 0.3) is 0 Å². The predicted molar refractivity (Wildman–Crippen MR) is 112 cm³/mol. The van der Waals surface area contributed by atoms with Crippen molar-refractivity contribution in [3.05, 3.63) is 94.0 Å². The van der Waals surface area contributed by atoms with E-state index in [-0.39, 0.29) is 22.9 Å². The van der Waals surface area contributed by atoms with Crippen LogP contribution in [0.2, 0.25) is 0 Å². The van der Waals surface area contributed by atoms with Gasteiger partial charge in [0.15, 0.2) is 5.75 Å². The van der Waals surface area contributed by atoms with Crippen LogP contribution in [0.3, 0.4) is 0 Å². The summed E-state index contributed by atoms with van der Waals surface area (Å²) in [6, 6.07) is 20.3. The zero-order valence-corrected chi connectivity index (χ0v) is 16.9. The van der Waals surface area contributed by atoms with Gasteiger partial charge in [-0.1, -0.05) is 48.5 Å². The van der Waals surface area contributed by atoms with Crippen LogP contribution in [0.4, 0.5) is 11.4 Å². The van der Waals surface area contributed by atoms with Gasteiger partial charge in [-0.2, -0.15) is 4.31 Å². The van der Waals surface area contributed by atoms with Crippen molar-refractivity contribution < 1.29 is 18.1 Å². The molecule has 0 saturated heterocycles. The van der Waals surface area contributed by atoms with Crippen molar-refractivity contribution in [1.29, 1.82) is 0 Å². The molecule has 30 heavy (non-hydrogen) atoms. The third-order valence-electron chi connectivity index (χ3n) is 4.95. The summed E-state index contributed by atoms with van der Waals surface area (Å²) >= 11 is 0. The zero-order valence-electron chi connectivity index (χ0n) is 16.1. The molecule has 154 valence electrons. The lowest BCUT2D eigenvalue weighted by atomic mass is 10.1. The molecule has 9 heteroatoms. The van der Waals surface area contributed by atoms with E-state index < -0.39 is 21.1 Å². The first-order chi connectivity index (χ1) is 14.4. The molecule has 3 aromatic rings. The molecule has 8 nitrogen and oxygen atoms in total. The Balaban J connectivity index is 1.86. The highest BCUT2D eigenvalue weighted by atomic mass is 32.2. The number of nitrogens with zero attached hydrogens (tertiary/aromatic N) is 2. The summed E-state index contributed by atoms with van der Waals surface area (Å²) in [6.45, 7) is 0.106. The summed E-state index contributed by atoms with van der Waals surface area (Å²) in [7, 11) is -2.51. The van der Waals surface area contributed by atoms with Gasteiger partial charge >= 0.3 is 5.69 Å². The lowest BCUT2D eigenvalue weighted by Gasteiger charge is -2.37. The number of anilines is 1. The number of hydrogen-bond acceptors (Lipinski definition) is 6. The number of methoxy groups -OCH3 is 1. The molecule has 0 aliphatic carbocycles. The van der Waals surface area contributed by atoms with Crippen LogP contribution >= 0.6 is 0 Å². The van der Waals surface area contributed by atoms with Gasteiger partial charge < -0.3 is 10.1 Å². The van der Waals surface area contributed by atoms with Gasteiger partial charge in [0.2, 0.25) is 10.0 Å². The van der Waals surface area contributed by atoms with Crippen LogP contribution in [0.1, 0.15) is 17.3 Å². The fraction of sp³-hybridized carbons (Fsp3) is 0.143. The maximum absolute atomic E-state index is 13.5. The molecule has 1 heterocycles. The smallest absolute Gasteiger partial charge is 0.311 e. The molecule has 1 aliphatic heterocycles. The fourth-order valence-electron chi connectivity index (χ4n) is 3.50. The molecule has 0 bridgehead atoms. The maximum Gasteiger partial charge on any atom is 0.311 e. The molecule has 0 fully saturated rings. The Morgan fingerprint density at radius 2 is 1.77 bits per heavy atom. The van der Waals surface area contributed by atoms with E-state index in [1.165, 1.54) is 23.5 Å². The molecular formula is C21H19N3O5S. The van der Waals surface area contributed by atoms with Gasteiger partial charge in [-0.05, 0) is 29.3 Å². The highest BCUT2D eigenvalue weighted by Crippen LogP contribution is 2.41. The van der Waals surface area contributed by atoms with Gasteiger partial charge in [-0.15, -0.1) is 0 Å². The van der Waals surface area contributed by atoms with Crippen molar-refractivity contribution in [2.75, 3.05) is 12.4 Å². The fourth-order valence-corrected chi connectivity index (χ4v) is 5.18. The van der Waals surface area contributed by atoms with Gasteiger partial charge in [-0.3, -0.25) is 10.1 Å². The normalized spacial score (nSPS) is 17.6. The molecule has 0 unspecified atom stereocenters. The molecule has 4 rings (SSSR count). The minimum absolute atomic E-state index is 0.106. The molecule has 3 aromatic carbocycles. The van der Waals surface area contributed by atoms with Crippen molar-refractivity contribution in [1.82, 2.24) is 4.31 Å². The number of nitro benzene ring substituents is 1. The number of rotatable bonds is 5. The number of sulfonamides is 1. The number of nitro groups is 1. The van der Waals surface area contributed by atoms with Crippen molar-refractivity contribution in [3.8, 4) is 5.75 Å². The number of para-hydroxylation sites is 1. The largest absolute Gasteiger partial charge is 0.490 e. The minimum Gasteiger partial charge on any atom is -0.490 e. The predicted octanol–water partition coefficient (Wildman–Crippen LogP) is 3.92. The van der Waals surface area contributed by atoms with Crippen molar-refractivity contribution >= 4 is 21.4 Å². The second kappa shape index (κ2) is 7.77. The molecular weight excluding hydrogens is 406 g/mol. The number of benzene rings is 3. The molecule has 1 atom stereocenters. The highest BCUT2D eigenvalue weighted by Gasteiger charge is 2.39. The topological polar surface area (TPSA) is 102 Å². The Hall–Kier alpha value is -3.43. The van der Waals surface area contributed by atoms with Gasteiger partial charge in [0.05, 0.1) is 17.7 Å². The standard InChI is InChI=1S/C21H19N3O5S/c1-29-19-12-11-16(13-18(19)24(25)26)21-22-17-9-5-6-10-20(17)30(27,28)23(21)14-15-7-3-2-4-8-15/h2-13,21-22H,14H2,1H3/t21-/m1/s1. The van der Waals surface area contributed by atoms with Crippen LogP contribution in [-0.2, 0) is 16.6 Å². The Bertz CT molecular complexity index is 1200.